The Kier molecular flexibility index (Phi) is 4.36. The van der Waals surface area contributed by atoms with E-state index in [1.807, 2.05) is 0 Å². The second kappa shape index (κ2) is 6.46. The van der Waals surface area contributed by atoms with Crippen LogP contribution < -0.4 is 0 Å². The molecule has 0 unspecified atom stereocenters. The molecule has 3 rings (SSSR count). The molecule has 24 heavy (non-hydrogen) atoms. The summed E-state index contributed by atoms with van der Waals surface area (Å²) in [6, 6.07) is 9.33. The molecule has 0 spiro atoms. The van der Waals surface area contributed by atoms with Gasteiger partial charge in [0.15, 0.2) is 0 Å². The highest BCUT2D eigenvalue weighted by Crippen LogP contribution is 2.29. The average molecular weight is 406 g/mol. The maximum Gasteiger partial charge on any atom is 0.284 e. The molecule has 0 bridgehead atoms. The van der Waals surface area contributed by atoms with Gasteiger partial charge < -0.3 is 0 Å². The molecular weight excluding hydrogens is 398 g/mol. The Labute approximate surface area is 147 Å². The van der Waals surface area contributed by atoms with Crippen molar-refractivity contribution in [3.8, 4) is 0 Å². The minimum absolute atomic E-state index is 0.00753. The van der Waals surface area contributed by atoms with Gasteiger partial charge in [-0.1, -0.05) is 12.1 Å². The summed E-state index contributed by atoms with van der Waals surface area (Å²) in [4.78, 5) is 25.1. The molecule has 0 saturated heterocycles. The van der Waals surface area contributed by atoms with Gasteiger partial charge in [-0.15, -0.1) is 11.3 Å². The third kappa shape index (κ3) is 3.31. The number of nitro benzene ring substituents is 2. The molecule has 0 N–H and O–H groups in total. The summed E-state index contributed by atoms with van der Waals surface area (Å²) in [6.45, 7) is 0. The van der Waals surface area contributed by atoms with Crippen molar-refractivity contribution in [2.75, 3.05) is 0 Å². The molecule has 2 aromatic carbocycles. The molecule has 3 aromatic rings. The topological polar surface area (TPSA) is 99.2 Å². The Morgan fingerprint density at radius 2 is 1.83 bits per heavy atom. The molecule has 0 fully saturated rings. The summed E-state index contributed by atoms with van der Waals surface area (Å²) in [7, 11) is 0. The van der Waals surface area contributed by atoms with Gasteiger partial charge in [0.25, 0.3) is 11.4 Å². The van der Waals surface area contributed by atoms with E-state index >= 15 is 0 Å². The molecule has 0 amide bonds. The van der Waals surface area contributed by atoms with E-state index in [0.29, 0.717) is 20.6 Å². The van der Waals surface area contributed by atoms with E-state index in [0.717, 1.165) is 4.70 Å². The number of hydrogen-bond acceptors (Lipinski definition) is 6. The van der Waals surface area contributed by atoms with Gasteiger partial charge in [-0.05, 0) is 39.7 Å². The van der Waals surface area contributed by atoms with Gasteiger partial charge >= 0.3 is 0 Å². The minimum Gasteiger partial charge on any atom is -0.258 e. The smallest absolute Gasteiger partial charge is 0.258 e. The normalized spacial score (nSPS) is 11.2. The van der Waals surface area contributed by atoms with Crippen molar-refractivity contribution in [1.29, 1.82) is 0 Å². The number of rotatable bonds is 4. The monoisotopic (exact) mass is 405 g/mol. The fraction of sp³-hybridized carbons (Fsp3) is 0. The van der Waals surface area contributed by atoms with Gasteiger partial charge in [-0.2, -0.15) is 0 Å². The lowest BCUT2D eigenvalue weighted by Gasteiger charge is -1.97. The third-order valence-electron chi connectivity index (χ3n) is 3.18. The van der Waals surface area contributed by atoms with E-state index in [1.54, 1.807) is 30.4 Å². The number of hydrogen-bond donors (Lipinski definition) is 0. The van der Waals surface area contributed by atoms with Crippen molar-refractivity contribution in [3.63, 3.8) is 0 Å². The number of aromatic nitrogens is 1. The van der Waals surface area contributed by atoms with Crippen LogP contribution in [0.4, 0.5) is 11.4 Å². The van der Waals surface area contributed by atoms with E-state index in [1.165, 1.54) is 29.5 Å². The van der Waals surface area contributed by atoms with Crippen molar-refractivity contribution < 1.29 is 9.85 Å². The predicted molar refractivity (Wildman–Crippen MR) is 96.0 cm³/mol. The number of nitrogens with zero attached hydrogens (tertiary/aromatic N) is 3. The van der Waals surface area contributed by atoms with Gasteiger partial charge in [0, 0.05) is 18.2 Å². The van der Waals surface area contributed by atoms with Crippen LogP contribution in [-0.2, 0) is 0 Å². The zero-order valence-electron chi connectivity index (χ0n) is 11.9. The molecule has 7 nitrogen and oxygen atoms in total. The summed E-state index contributed by atoms with van der Waals surface area (Å²) in [6.07, 6.45) is 3.44. The zero-order valence-corrected chi connectivity index (χ0v) is 14.3. The highest BCUT2D eigenvalue weighted by atomic mass is 79.9. The minimum atomic E-state index is -0.463. The van der Waals surface area contributed by atoms with Crippen LogP contribution in [0.1, 0.15) is 10.6 Å². The first-order valence-electron chi connectivity index (χ1n) is 6.61. The number of halogens is 1. The van der Waals surface area contributed by atoms with E-state index in [4.69, 9.17) is 0 Å². The van der Waals surface area contributed by atoms with Crippen LogP contribution in [0.25, 0.3) is 22.4 Å². The molecule has 1 aromatic heterocycles. The lowest BCUT2D eigenvalue weighted by atomic mass is 10.2. The molecule has 0 aliphatic rings. The second-order valence-electron chi connectivity index (χ2n) is 4.76. The van der Waals surface area contributed by atoms with E-state index in [2.05, 4.69) is 20.9 Å². The molecule has 120 valence electrons. The summed E-state index contributed by atoms with van der Waals surface area (Å²) in [5.41, 5.74) is 1.19. The zero-order chi connectivity index (χ0) is 17.3. The van der Waals surface area contributed by atoms with Crippen molar-refractivity contribution in [3.05, 3.63) is 71.7 Å². The maximum absolute atomic E-state index is 10.9. The molecule has 0 saturated carbocycles. The Morgan fingerprint density at radius 3 is 2.54 bits per heavy atom. The van der Waals surface area contributed by atoms with Gasteiger partial charge in [0.1, 0.15) is 5.01 Å². The van der Waals surface area contributed by atoms with Crippen molar-refractivity contribution in [2.45, 2.75) is 0 Å². The highest BCUT2D eigenvalue weighted by Gasteiger charge is 2.12. The van der Waals surface area contributed by atoms with Crippen LogP contribution in [0.3, 0.4) is 0 Å². The fourth-order valence-electron chi connectivity index (χ4n) is 2.06. The molecule has 0 aliphatic carbocycles. The van der Waals surface area contributed by atoms with Gasteiger partial charge in [-0.3, -0.25) is 20.2 Å². The number of non-ortho nitro benzene ring substituents is 1. The van der Waals surface area contributed by atoms with Crippen molar-refractivity contribution in [2.24, 2.45) is 0 Å². The third-order valence-corrected chi connectivity index (χ3v) is 4.86. The number of thiazole rings is 1. The molecule has 1 heterocycles. The van der Waals surface area contributed by atoms with E-state index in [-0.39, 0.29) is 11.4 Å². The number of nitro groups is 2. The molecule has 0 radical (unpaired) electrons. The van der Waals surface area contributed by atoms with Gasteiger partial charge in [0.2, 0.25) is 0 Å². The van der Waals surface area contributed by atoms with Crippen LogP contribution in [0, 0.1) is 20.2 Å². The Morgan fingerprint density at radius 1 is 1.04 bits per heavy atom. The largest absolute Gasteiger partial charge is 0.284 e. The molecule has 0 aliphatic heterocycles. The van der Waals surface area contributed by atoms with Crippen LogP contribution >= 0.6 is 27.3 Å². The second-order valence-corrected chi connectivity index (χ2v) is 6.68. The number of benzene rings is 2. The predicted octanol–water partition coefficient (Wildman–Crippen LogP) is 5.05. The average Bonchev–Trinajstić information content (AvgIpc) is 2.95. The first kappa shape index (κ1) is 16.2. The van der Waals surface area contributed by atoms with E-state index < -0.39 is 9.85 Å². The van der Waals surface area contributed by atoms with Crippen LogP contribution in [0.5, 0.6) is 0 Å². The van der Waals surface area contributed by atoms with Crippen LogP contribution in [-0.4, -0.2) is 14.8 Å². The standard InChI is InChI=1S/C15H8BrN3O4S/c16-11-4-1-9(7-13(11)19(22)23)2-6-15-17-12-8-10(18(20)21)3-5-14(12)24-15/h1-8H/b6-2+. The number of fused-ring (bicyclic) bond motifs is 1. The summed E-state index contributed by atoms with van der Waals surface area (Å²) >= 11 is 4.52. The first-order chi connectivity index (χ1) is 11.4. The summed E-state index contributed by atoms with van der Waals surface area (Å²) in [5, 5.41) is 22.4. The Balaban J connectivity index is 1.92. The van der Waals surface area contributed by atoms with E-state index in [9.17, 15) is 20.2 Å². The maximum atomic E-state index is 10.9. The summed E-state index contributed by atoms with van der Waals surface area (Å²) in [5.74, 6) is 0. The highest BCUT2D eigenvalue weighted by molar-refractivity contribution is 9.10. The lowest BCUT2D eigenvalue weighted by molar-refractivity contribution is -0.385. The van der Waals surface area contributed by atoms with Crippen molar-refractivity contribution in [1.82, 2.24) is 4.98 Å². The quantitative estimate of drug-likeness (QED) is 0.446. The van der Waals surface area contributed by atoms with Gasteiger partial charge in [-0.25, -0.2) is 4.98 Å². The molecular formula is C15H8BrN3O4S. The SMILES string of the molecule is O=[N+]([O-])c1ccc2sc(/C=C/c3ccc(Br)c([N+](=O)[O-])c3)nc2c1. The Hall–Kier alpha value is -2.65. The first-order valence-corrected chi connectivity index (χ1v) is 8.22. The fourth-order valence-corrected chi connectivity index (χ4v) is 3.30. The Bertz CT molecular complexity index is 1000. The summed E-state index contributed by atoms with van der Waals surface area (Å²) < 4.78 is 1.25. The molecule has 0 atom stereocenters. The van der Waals surface area contributed by atoms with Gasteiger partial charge in [0.05, 0.1) is 24.5 Å². The molecule has 9 heteroatoms. The van der Waals surface area contributed by atoms with Crippen LogP contribution in [0.15, 0.2) is 40.9 Å². The van der Waals surface area contributed by atoms with Crippen LogP contribution in [0.2, 0.25) is 0 Å². The lowest BCUT2D eigenvalue weighted by Crippen LogP contribution is -1.89. The van der Waals surface area contributed by atoms with Crippen molar-refractivity contribution >= 4 is 61.0 Å².